The number of halogens is 1. The summed E-state index contributed by atoms with van der Waals surface area (Å²) in [6.07, 6.45) is 6.78. The van der Waals surface area contributed by atoms with E-state index in [-0.39, 0.29) is 0 Å². The molecule has 1 unspecified atom stereocenters. The number of alkyl halides is 1. The molecule has 1 atom stereocenters. The zero-order valence-corrected chi connectivity index (χ0v) is 13.1. The van der Waals surface area contributed by atoms with E-state index in [2.05, 4.69) is 23.6 Å². The number of unbranched alkanes of at least 4 members (excludes halogenated alkanes) is 1. The molecule has 1 heterocycles. The van der Waals surface area contributed by atoms with Gasteiger partial charge in [0.05, 0.1) is 0 Å². The first-order valence-electron chi connectivity index (χ1n) is 7.80. The first-order chi connectivity index (χ1) is 8.80. The van der Waals surface area contributed by atoms with E-state index in [0.717, 1.165) is 18.3 Å². The van der Waals surface area contributed by atoms with Gasteiger partial charge in [0.2, 0.25) is 0 Å². The Hall–Kier alpha value is 0.210. The van der Waals surface area contributed by atoms with Crippen molar-refractivity contribution in [2.75, 3.05) is 45.1 Å². The van der Waals surface area contributed by atoms with Gasteiger partial charge >= 0.3 is 0 Å². The zero-order chi connectivity index (χ0) is 13.2. The molecule has 0 aromatic carbocycles. The number of hydrogen-bond acceptors (Lipinski definition) is 2. The Labute approximate surface area is 119 Å². The van der Waals surface area contributed by atoms with Crippen LogP contribution in [0.15, 0.2) is 0 Å². The second-order valence-electron chi connectivity index (χ2n) is 5.60. The van der Waals surface area contributed by atoms with Crippen molar-refractivity contribution in [1.29, 1.82) is 0 Å². The summed E-state index contributed by atoms with van der Waals surface area (Å²) in [5, 5.41) is 0. The summed E-state index contributed by atoms with van der Waals surface area (Å²) in [6.45, 7) is 12.0. The fourth-order valence-corrected chi connectivity index (χ4v) is 3.07. The Morgan fingerprint density at radius 3 is 2.44 bits per heavy atom. The lowest BCUT2D eigenvalue weighted by Crippen LogP contribution is -2.34. The Kier molecular flexibility index (Phi) is 9.08. The van der Waals surface area contributed by atoms with Gasteiger partial charge in [0.1, 0.15) is 0 Å². The van der Waals surface area contributed by atoms with Crippen LogP contribution in [0.4, 0.5) is 0 Å². The van der Waals surface area contributed by atoms with Crippen molar-refractivity contribution in [3.63, 3.8) is 0 Å². The van der Waals surface area contributed by atoms with Crippen LogP contribution < -0.4 is 0 Å². The molecular formula is C15H31ClN2. The van der Waals surface area contributed by atoms with Crippen molar-refractivity contribution in [2.45, 2.75) is 46.0 Å². The van der Waals surface area contributed by atoms with E-state index < -0.39 is 0 Å². The molecule has 0 aromatic heterocycles. The van der Waals surface area contributed by atoms with Gasteiger partial charge in [-0.3, -0.25) is 0 Å². The zero-order valence-electron chi connectivity index (χ0n) is 12.3. The predicted molar refractivity (Wildman–Crippen MR) is 81.5 cm³/mol. The molecule has 1 aliphatic heterocycles. The molecule has 0 saturated carbocycles. The standard InChI is InChI=1S/C15H31ClN2/c1-3-5-7-15(4-2)14-18-10-6-9-17(11-8-16)12-13-18/h15H,3-14H2,1-2H3. The van der Waals surface area contributed by atoms with Crippen LogP contribution in [-0.4, -0.2) is 54.9 Å². The third-order valence-electron chi connectivity index (χ3n) is 4.14. The quantitative estimate of drug-likeness (QED) is 0.626. The van der Waals surface area contributed by atoms with Crippen molar-refractivity contribution in [3.8, 4) is 0 Å². The monoisotopic (exact) mass is 274 g/mol. The fourth-order valence-electron chi connectivity index (χ4n) is 2.83. The lowest BCUT2D eigenvalue weighted by atomic mass is 9.98. The van der Waals surface area contributed by atoms with E-state index in [4.69, 9.17) is 11.6 Å². The minimum Gasteiger partial charge on any atom is -0.302 e. The molecule has 1 rings (SSSR count). The molecule has 0 N–H and O–H groups in total. The maximum absolute atomic E-state index is 5.83. The van der Waals surface area contributed by atoms with Crippen LogP contribution in [0.2, 0.25) is 0 Å². The van der Waals surface area contributed by atoms with Gasteiger partial charge in [-0.15, -0.1) is 11.6 Å². The molecular weight excluding hydrogens is 244 g/mol. The lowest BCUT2D eigenvalue weighted by Gasteiger charge is -2.26. The number of nitrogens with zero attached hydrogens (tertiary/aromatic N) is 2. The van der Waals surface area contributed by atoms with Gasteiger partial charge in [0, 0.05) is 32.1 Å². The minimum absolute atomic E-state index is 0.772. The van der Waals surface area contributed by atoms with Crippen LogP contribution in [0.3, 0.4) is 0 Å². The number of hydrogen-bond donors (Lipinski definition) is 0. The van der Waals surface area contributed by atoms with E-state index in [1.54, 1.807) is 0 Å². The fraction of sp³-hybridized carbons (Fsp3) is 1.00. The lowest BCUT2D eigenvalue weighted by molar-refractivity contribution is 0.220. The summed E-state index contributed by atoms with van der Waals surface area (Å²) in [5.74, 6) is 1.68. The molecule has 0 amide bonds. The van der Waals surface area contributed by atoms with Gasteiger partial charge in [0.15, 0.2) is 0 Å². The molecule has 1 fully saturated rings. The van der Waals surface area contributed by atoms with Crippen LogP contribution in [0.25, 0.3) is 0 Å². The molecule has 108 valence electrons. The average molecular weight is 275 g/mol. The highest BCUT2D eigenvalue weighted by Gasteiger charge is 2.17. The summed E-state index contributed by atoms with van der Waals surface area (Å²) in [5.41, 5.74) is 0. The first-order valence-corrected chi connectivity index (χ1v) is 8.34. The second-order valence-corrected chi connectivity index (χ2v) is 5.98. The third-order valence-corrected chi connectivity index (χ3v) is 4.31. The van der Waals surface area contributed by atoms with Gasteiger partial charge in [-0.2, -0.15) is 0 Å². The van der Waals surface area contributed by atoms with Gasteiger partial charge in [-0.1, -0.05) is 33.1 Å². The first kappa shape index (κ1) is 16.3. The third kappa shape index (κ3) is 6.40. The van der Waals surface area contributed by atoms with E-state index in [9.17, 15) is 0 Å². The molecule has 18 heavy (non-hydrogen) atoms. The van der Waals surface area contributed by atoms with Crippen LogP contribution in [0, 0.1) is 5.92 Å². The largest absolute Gasteiger partial charge is 0.302 e. The van der Waals surface area contributed by atoms with Crippen LogP contribution in [0.1, 0.15) is 46.0 Å². The smallest absolute Gasteiger partial charge is 0.0351 e. The van der Waals surface area contributed by atoms with Crippen LogP contribution >= 0.6 is 11.6 Å². The van der Waals surface area contributed by atoms with Gasteiger partial charge in [-0.25, -0.2) is 0 Å². The summed E-state index contributed by atoms with van der Waals surface area (Å²) in [4.78, 5) is 5.19. The van der Waals surface area contributed by atoms with Gasteiger partial charge in [0.25, 0.3) is 0 Å². The summed E-state index contributed by atoms with van der Waals surface area (Å²) in [7, 11) is 0. The van der Waals surface area contributed by atoms with Crippen molar-refractivity contribution < 1.29 is 0 Å². The highest BCUT2D eigenvalue weighted by molar-refractivity contribution is 6.18. The van der Waals surface area contributed by atoms with Crippen molar-refractivity contribution >= 4 is 11.6 Å². The Morgan fingerprint density at radius 1 is 1.06 bits per heavy atom. The number of rotatable bonds is 8. The van der Waals surface area contributed by atoms with Gasteiger partial charge < -0.3 is 9.80 Å². The summed E-state index contributed by atoms with van der Waals surface area (Å²) < 4.78 is 0. The highest BCUT2D eigenvalue weighted by Crippen LogP contribution is 2.15. The van der Waals surface area contributed by atoms with Gasteiger partial charge in [-0.05, 0) is 31.8 Å². The Balaban J connectivity index is 2.28. The highest BCUT2D eigenvalue weighted by atomic mass is 35.5. The molecule has 2 nitrogen and oxygen atoms in total. The molecule has 3 heteroatoms. The summed E-state index contributed by atoms with van der Waals surface area (Å²) >= 11 is 5.83. The molecule has 0 spiro atoms. The van der Waals surface area contributed by atoms with Crippen LogP contribution in [-0.2, 0) is 0 Å². The molecule has 0 bridgehead atoms. The van der Waals surface area contributed by atoms with E-state index in [0.29, 0.717) is 0 Å². The maximum Gasteiger partial charge on any atom is 0.0351 e. The predicted octanol–water partition coefficient (Wildman–Crippen LogP) is 3.45. The molecule has 1 saturated heterocycles. The maximum atomic E-state index is 5.83. The Morgan fingerprint density at radius 2 is 1.78 bits per heavy atom. The summed E-state index contributed by atoms with van der Waals surface area (Å²) in [6, 6.07) is 0. The Bertz CT molecular complexity index is 199. The van der Waals surface area contributed by atoms with Crippen molar-refractivity contribution in [1.82, 2.24) is 9.80 Å². The normalized spacial score (nSPS) is 20.8. The second kappa shape index (κ2) is 10.1. The van der Waals surface area contributed by atoms with Crippen LogP contribution in [0.5, 0.6) is 0 Å². The minimum atomic E-state index is 0.772. The van der Waals surface area contributed by atoms with E-state index in [1.807, 2.05) is 0 Å². The molecule has 0 aromatic rings. The van der Waals surface area contributed by atoms with E-state index >= 15 is 0 Å². The molecule has 1 aliphatic rings. The SMILES string of the molecule is CCCCC(CC)CN1CCCN(CCCl)CC1. The average Bonchev–Trinajstić information content (AvgIpc) is 2.60. The van der Waals surface area contributed by atoms with Crippen molar-refractivity contribution in [2.24, 2.45) is 5.92 Å². The van der Waals surface area contributed by atoms with Crippen molar-refractivity contribution in [3.05, 3.63) is 0 Å². The van der Waals surface area contributed by atoms with E-state index in [1.165, 1.54) is 64.8 Å². The molecule has 0 radical (unpaired) electrons. The topological polar surface area (TPSA) is 6.48 Å². The molecule has 0 aliphatic carbocycles.